The minimum absolute atomic E-state index is 0.140. The Bertz CT molecular complexity index is 647. The third-order valence-electron chi connectivity index (χ3n) is 2.51. The first kappa shape index (κ1) is 13.8. The molecule has 1 aromatic carbocycles. The molecule has 0 atom stereocenters. The summed E-state index contributed by atoms with van der Waals surface area (Å²) in [7, 11) is 0. The van der Waals surface area contributed by atoms with Crippen molar-refractivity contribution in [2.75, 3.05) is 5.32 Å². The maximum atomic E-state index is 12.9. The maximum absolute atomic E-state index is 12.9. The van der Waals surface area contributed by atoms with Crippen LogP contribution in [0.15, 0.2) is 30.5 Å². The summed E-state index contributed by atoms with van der Waals surface area (Å²) in [5.74, 6) is -1.23. The number of benzene rings is 1. The molecule has 0 aliphatic heterocycles. The number of carbonyl (C=O) groups excluding carboxylic acids is 1. The molecule has 0 bridgehead atoms. The molecule has 0 fully saturated rings. The fourth-order valence-corrected chi connectivity index (χ4v) is 1.97. The largest absolute Gasteiger partial charge is 0.319 e. The highest BCUT2D eigenvalue weighted by molar-refractivity contribution is 6.40. The van der Waals surface area contributed by atoms with Gasteiger partial charge in [0.1, 0.15) is 0 Å². The number of pyridine rings is 1. The van der Waals surface area contributed by atoms with Crippen molar-refractivity contribution < 1.29 is 9.18 Å². The number of halogens is 3. The van der Waals surface area contributed by atoms with Crippen molar-refractivity contribution in [3.63, 3.8) is 0 Å². The van der Waals surface area contributed by atoms with Gasteiger partial charge in [-0.1, -0.05) is 29.3 Å². The van der Waals surface area contributed by atoms with Crippen LogP contribution in [0.2, 0.25) is 10.0 Å². The number of hydrogen-bond donors (Lipinski definition) is 1. The van der Waals surface area contributed by atoms with Crippen molar-refractivity contribution in [2.24, 2.45) is 0 Å². The van der Waals surface area contributed by atoms with E-state index in [-0.39, 0.29) is 5.56 Å². The molecule has 0 radical (unpaired) electrons. The van der Waals surface area contributed by atoms with Gasteiger partial charge in [0.15, 0.2) is 0 Å². The Balaban J connectivity index is 2.32. The lowest BCUT2D eigenvalue weighted by atomic mass is 10.2. The van der Waals surface area contributed by atoms with Crippen LogP contribution in [0, 0.1) is 12.9 Å². The highest BCUT2D eigenvalue weighted by Crippen LogP contribution is 2.33. The smallest absolute Gasteiger partial charge is 0.255 e. The molecule has 2 rings (SSSR count). The minimum Gasteiger partial charge on any atom is -0.319 e. The number of anilines is 1. The number of aryl methyl sites for hydroxylation is 1. The lowest BCUT2D eigenvalue weighted by Gasteiger charge is -2.11. The zero-order valence-electron chi connectivity index (χ0n) is 9.88. The minimum atomic E-state index is -0.728. The van der Waals surface area contributed by atoms with Crippen molar-refractivity contribution in [3.8, 4) is 0 Å². The quantitative estimate of drug-likeness (QED) is 0.849. The fourth-order valence-electron chi connectivity index (χ4n) is 1.50. The highest BCUT2D eigenvalue weighted by Gasteiger charge is 2.13. The summed E-state index contributed by atoms with van der Waals surface area (Å²) in [4.78, 5) is 15.3. The third-order valence-corrected chi connectivity index (χ3v) is 3.31. The van der Waals surface area contributed by atoms with Crippen LogP contribution in [0.4, 0.5) is 10.1 Å². The van der Waals surface area contributed by atoms with Crippen LogP contribution in [0.25, 0.3) is 0 Å². The van der Waals surface area contributed by atoms with Crippen molar-refractivity contribution in [2.45, 2.75) is 6.92 Å². The van der Waals surface area contributed by atoms with Gasteiger partial charge < -0.3 is 5.32 Å². The molecule has 1 aromatic heterocycles. The van der Waals surface area contributed by atoms with E-state index in [1.165, 1.54) is 12.3 Å². The Morgan fingerprint density at radius 2 is 2.05 bits per heavy atom. The summed E-state index contributed by atoms with van der Waals surface area (Å²) in [5.41, 5.74) is 1.23. The Hall–Kier alpha value is -1.65. The number of rotatable bonds is 2. The molecule has 0 saturated carbocycles. The number of amides is 1. The molecule has 0 saturated heterocycles. The standard InChI is InChI=1S/C13H9Cl2FN2O/c1-7-2-3-9(14)12(11(7)15)18-13(19)8-4-5-17-10(16)6-8/h2-6H,1H3,(H,18,19). The lowest BCUT2D eigenvalue weighted by molar-refractivity contribution is 0.102. The van der Waals surface area contributed by atoms with Crippen LogP contribution in [0.1, 0.15) is 15.9 Å². The van der Waals surface area contributed by atoms with Crippen molar-refractivity contribution in [3.05, 3.63) is 57.6 Å². The van der Waals surface area contributed by atoms with E-state index in [1.807, 2.05) is 0 Å². The van der Waals surface area contributed by atoms with Crippen molar-refractivity contribution >= 4 is 34.8 Å². The first-order chi connectivity index (χ1) is 8.99. The molecule has 3 nitrogen and oxygen atoms in total. The summed E-state index contributed by atoms with van der Waals surface area (Å²) >= 11 is 12.1. The number of aromatic nitrogens is 1. The Kier molecular flexibility index (Phi) is 4.02. The Morgan fingerprint density at radius 1 is 1.32 bits per heavy atom. The van der Waals surface area contributed by atoms with Gasteiger partial charge >= 0.3 is 0 Å². The molecule has 0 spiro atoms. The molecule has 98 valence electrons. The number of carbonyl (C=O) groups is 1. The first-order valence-corrected chi connectivity index (χ1v) is 6.12. The summed E-state index contributed by atoms with van der Waals surface area (Å²) in [5, 5.41) is 3.24. The van der Waals surface area contributed by atoms with E-state index >= 15 is 0 Å². The van der Waals surface area contributed by atoms with Gasteiger partial charge in [-0.05, 0) is 24.6 Å². The monoisotopic (exact) mass is 298 g/mol. The molecule has 0 aliphatic rings. The molecule has 0 aliphatic carbocycles. The number of hydrogen-bond acceptors (Lipinski definition) is 2. The van der Waals surface area contributed by atoms with Gasteiger partial charge in [-0.3, -0.25) is 4.79 Å². The van der Waals surface area contributed by atoms with Crippen LogP contribution >= 0.6 is 23.2 Å². The predicted molar refractivity (Wildman–Crippen MR) is 73.3 cm³/mol. The second-order valence-electron chi connectivity index (χ2n) is 3.87. The molecule has 1 N–H and O–H groups in total. The molecule has 1 heterocycles. The van der Waals surface area contributed by atoms with Crippen LogP contribution < -0.4 is 5.32 Å². The zero-order valence-corrected chi connectivity index (χ0v) is 11.4. The van der Waals surface area contributed by atoms with E-state index in [9.17, 15) is 9.18 Å². The fraction of sp³-hybridized carbons (Fsp3) is 0.0769. The van der Waals surface area contributed by atoms with E-state index in [4.69, 9.17) is 23.2 Å². The van der Waals surface area contributed by atoms with Gasteiger partial charge in [0.05, 0.1) is 15.7 Å². The van der Waals surface area contributed by atoms with E-state index in [0.29, 0.717) is 15.7 Å². The molecule has 0 unspecified atom stereocenters. The number of nitrogens with zero attached hydrogens (tertiary/aromatic N) is 1. The second kappa shape index (κ2) is 5.55. The molecule has 6 heteroatoms. The lowest BCUT2D eigenvalue weighted by Crippen LogP contribution is -2.13. The maximum Gasteiger partial charge on any atom is 0.255 e. The number of nitrogens with one attached hydrogen (secondary N) is 1. The van der Waals surface area contributed by atoms with Gasteiger partial charge in [-0.25, -0.2) is 4.98 Å². The average molecular weight is 299 g/mol. The van der Waals surface area contributed by atoms with Gasteiger partial charge in [0.2, 0.25) is 5.95 Å². The SMILES string of the molecule is Cc1ccc(Cl)c(NC(=O)c2ccnc(F)c2)c1Cl. The topological polar surface area (TPSA) is 42.0 Å². The summed E-state index contributed by atoms with van der Waals surface area (Å²) in [6.07, 6.45) is 1.21. The normalized spacial score (nSPS) is 10.3. The van der Waals surface area contributed by atoms with Crippen LogP contribution in [-0.2, 0) is 0 Å². The van der Waals surface area contributed by atoms with E-state index in [2.05, 4.69) is 10.3 Å². The van der Waals surface area contributed by atoms with E-state index in [1.54, 1.807) is 19.1 Å². The van der Waals surface area contributed by atoms with Crippen LogP contribution in [-0.4, -0.2) is 10.9 Å². The van der Waals surface area contributed by atoms with Crippen molar-refractivity contribution in [1.29, 1.82) is 0 Å². The second-order valence-corrected chi connectivity index (χ2v) is 4.66. The Labute approximate surface area is 119 Å². The van der Waals surface area contributed by atoms with Gasteiger partial charge in [-0.2, -0.15) is 4.39 Å². The summed E-state index contributed by atoms with van der Waals surface area (Å²) in [6, 6.07) is 5.81. The average Bonchev–Trinajstić information content (AvgIpc) is 2.39. The van der Waals surface area contributed by atoms with E-state index < -0.39 is 11.9 Å². The molecular weight excluding hydrogens is 290 g/mol. The van der Waals surface area contributed by atoms with Gasteiger partial charge in [0, 0.05) is 17.8 Å². The van der Waals surface area contributed by atoms with Crippen LogP contribution in [0.3, 0.4) is 0 Å². The zero-order chi connectivity index (χ0) is 14.0. The Morgan fingerprint density at radius 3 is 2.74 bits per heavy atom. The molecule has 1 amide bonds. The summed E-state index contributed by atoms with van der Waals surface area (Å²) < 4.78 is 12.9. The highest BCUT2D eigenvalue weighted by atomic mass is 35.5. The first-order valence-electron chi connectivity index (χ1n) is 5.36. The van der Waals surface area contributed by atoms with Gasteiger partial charge in [-0.15, -0.1) is 0 Å². The van der Waals surface area contributed by atoms with Crippen LogP contribution in [0.5, 0.6) is 0 Å². The molecule has 19 heavy (non-hydrogen) atoms. The predicted octanol–water partition coefficient (Wildman–Crippen LogP) is 4.09. The molecular formula is C13H9Cl2FN2O. The third kappa shape index (κ3) is 3.03. The summed E-state index contributed by atoms with van der Waals surface area (Å²) in [6.45, 7) is 1.79. The van der Waals surface area contributed by atoms with Crippen molar-refractivity contribution in [1.82, 2.24) is 4.98 Å². The van der Waals surface area contributed by atoms with E-state index in [0.717, 1.165) is 11.6 Å². The van der Waals surface area contributed by atoms with Gasteiger partial charge in [0.25, 0.3) is 5.91 Å². The molecule has 2 aromatic rings.